The fraction of sp³-hybridized carbons (Fsp3) is 0. The van der Waals surface area contributed by atoms with Gasteiger partial charge in [-0.25, -0.2) is 9.97 Å². The summed E-state index contributed by atoms with van der Waals surface area (Å²) in [6, 6.07) is 55.8. The second kappa shape index (κ2) is 10.7. The van der Waals surface area contributed by atoms with Crippen molar-refractivity contribution < 1.29 is 0 Å². The first kappa shape index (κ1) is 27.9. The van der Waals surface area contributed by atoms with Crippen LogP contribution in [0.15, 0.2) is 170 Å². The van der Waals surface area contributed by atoms with Gasteiger partial charge in [0, 0.05) is 45.0 Å². The van der Waals surface area contributed by atoms with Crippen LogP contribution in [0.5, 0.6) is 0 Å². The number of fused-ring (bicyclic) bond motifs is 9. The van der Waals surface area contributed by atoms with Crippen molar-refractivity contribution in [1.82, 2.24) is 28.7 Å². The van der Waals surface area contributed by atoms with Crippen LogP contribution in [0, 0.1) is 0 Å². The Kier molecular flexibility index (Phi) is 5.86. The fourth-order valence-corrected chi connectivity index (χ4v) is 7.96. The van der Waals surface area contributed by atoms with E-state index in [9.17, 15) is 0 Å². The maximum Gasteiger partial charge on any atom is 0.148 e. The average Bonchev–Trinajstić information content (AvgIpc) is 3.83. The molecule has 0 spiro atoms. The number of rotatable bonds is 4. The minimum Gasteiger partial charge on any atom is -0.309 e. The highest BCUT2D eigenvalue weighted by Gasteiger charge is 2.19. The van der Waals surface area contributed by atoms with Crippen molar-refractivity contribution in [3.63, 3.8) is 0 Å². The van der Waals surface area contributed by atoms with E-state index >= 15 is 0 Å². The molecular weight excluding hydrogens is 625 g/mol. The second-order valence-electron chi connectivity index (χ2n) is 12.9. The summed E-state index contributed by atoms with van der Waals surface area (Å²) in [5, 5.41) is 5.87. The summed E-state index contributed by atoms with van der Waals surface area (Å²) in [7, 11) is 0. The maximum absolute atomic E-state index is 5.29. The molecule has 0 amide bonds. The number of hydrogen-bond donors (Lipinski definition) is 0. The van der Waals surface area contributed by atoms with Gasteiger partial charge in [0.15, 0.2) is 0 Å². The van der Waals surface area contributed by atoms with E-state index in [0.717, 1.165) is 50.4 Å². The second-order valence-corrected chi connectivity index (χ2v) is 12.9. The van der Waals surface area contributed by atoms with Crippen LogP contribution < -0.4 is 0 Å². The van der Waals surface area contributed by atoms with Gasteiger partial charge < -0.3 is 4.57 Å². The molecule has 0 fully saturated rings. The molecule has 0 atom stereocenters. The van der Waals surface area contributed by atoms with Gasteiger partial charge in [-0.3, -0.25) is 14.1 Å². The lowest BCUT2D eigenvalue weighted by atomic mass is 10.0. The Morgan fingerprint density at radius 2 is 0.902 bits per heavy atom. The standard InChI is InChI=1S/C45H28N6/c1-2-11-31(12-3-1)49-37-16-6-4-13-32(37)35-27-29(21-23-39(35)49)30-22-24-40-36(28-30)33-14-5-7-17-38(33)50(40)42-19-8-20-43(48-42)51-41-18-10-25-46-44(41)34-15-9-26-47-45(34)51/h1-28H. The lowest BCUT2D eigenvalue weighted by Crippen LogP contribution is -2.03. The molecule has 11 rings (SSSR count). The van der Waals surface area contributed by atoms with Gasteiger partial charge >= 0.3 is 0 Å². The predicted molar refractivity (Wildman–Crippen MR) is 208 cm³/mol. The lowest BCUT2D eigenvalue weighted by Gasteiger charge is -2.11. The van der Waals surface area contributed by atoms with Crippen LogP contribution >= 0.6 is 0 Å². The largest absolute Gasteiger partial charge is 0.309 e. The Balaban J connectivity index is 1.09. The Morgan fingerprint density at radius 3 is 1.65 bits per heavy atom. The zero-order valence-corrected chi connectivity index (χ0v) is 27.3. The molecule has 11 aromatic rings. The van der Waals surface area contributed by atoms with E-state index in [-0.39, 0.29) is 0 Å². The third-order valence-electron chi connectivity index (χ3n) is 10.2. The molecule has 238 valence electrons. The maximum atomic E-state index is 5.29. The molecule has 5 aromatic carbocycles. The number of hydrogen-bond acceptors (Lipinski definition) is 3. The minimum absolute atomic E-state index is 0.796. The molecule has 0 saturated heterocycles. The summed E-state index contributed by atoms with van der Waals surface area (Å²) in [6.07, 6.45) is 3.65. The minimum atomic E-state index is 0.796. The van der Waals surface area contributed by atoms with Gasteiger partial charge in [0.2, 0.25) is 0 Å². The first-order valence-corrected chi connectivity index (χ1v) is 17.1. The molecule has 0 aliphatic carbocycles. The molecule has 51 heavy (non-hydrogen) atoms. The molecule has 0 saturated carbocycles. The normalized spacial score (nSPS) is 11.9. The summed E-state index contributed by atoms with van der Waals surface area (Å²) in [6.45, 7) is 0. The van der Waals surface area contributed by atoms with Gasteiger partial charge in [-0.2, -0.15) is 0 Å². The molecule has 6 heteroatoms. The molecule has 0 unspecified atom stereocenters. The molecule has 0 aliphatic rings. The Bertz CT molecular complexity index is 3090. The van der Waals surface area contributed by atoms with Crippen LogP contribution in [0.4, 0.5) is 0 Å². The monoisotopic (exact) mass is 652 g/mol. The van der Waals surface area contributed by atoms with Crippen molar-refractivity contribution in [3.8, 4) is 28.5 Å². The van der Waals surface area contributed by atoms with E-state index < -0.39 is 0 Å². The molecule has 0 aliphatic heterocycles. The first-order chi connectivity index (χ1) is 25.3. The Hall–Kier alpha value is -7.05. The van der Waals surface area contributed by atoms with Crippen LogP contribution in [0.1, 0.15) is 0 Å². The highest BCUT2D eigenvalue weighted by molar-refractivity contribution is 6.12. The van der Waals surface area contributed by atoms with Gasteiger partial charge in [0.25, 0.3) is 0 Å². The number of nitrogens with zero attached hydrogens (tertiary/aromatic N) is 6. The lowest BCUT2D eigenvalue weighted by molar-refractivity contribution is 1.00. The van der Waals surface area contributed by atoms with Crippen LogP contribution in [0.2, 0.25) is 0 Å². The highest BCUT2D eigenvalue weighted by atomic mass is 15.2. The topological polar surface area (TPSA) is 53.5 Å². The molecule has 0 bridgehead atoms. The third-order valence-corrected chi connectivity index (χ3v) is 10.2. The predicted octanol–water partition coefficient (Wildman–Crippen LogP) is 10.8. The van der Waals surface area contributed by atoms with E-state index in [1.807, 2.05) is 30.6 Å². The molecule has 0 N–H and O–H groups in total. The van der Waals surface area contributed by atoms with Crippen molar-refractivity contribution in [2.45, 2.75) is 0 Å². The number of aromatic nitrogens is 6. The van der Waals surface area contributed by atoms with Crippen molar-refractivity contribution >= 4 is 65.7 Å². The zero-order valence-electron chi connectivity index (χ0n) is 27.3. The van der Waals surface area contributed by atoms with Crippen molar-refractivity contribution in [3.05, 3.63) is 170 Å². The first-order valence-electron chi connectivity index (χ1n) is 17.1. The molecule has 6 aromatic heterocycles. The van der Waals surface area contributed by atoms with E-state index in [1.54, 1.807) is 0 Å². The Morgan fingerprint density at radius 1 is 0.353 bits per heavy atom. The summed E-state index contributed by atoms with van der Waals surface area (Å²) in [5.74, 6) is 1.64. The summed E-state index contributed by atoms with van der Waals surface area (Å²) in [5.41, 5.74) is 10.9. The van der Waals surface area contributed by atoms with E-state index in [0.29, 0.717) is 0 Å². The van der Waals surface area contributed by atoms with E-state index in [4.69, 9.17) is 15.0 Å². The quantitative estimate of drug-likeness (QED) is 0.190. The van der Waals surface area contributed by atoms with Crippen molar-refractivity contribution in [2.24, 2.45) is 0 Å². The SMILES string of the molecule is c1ccc(-n2c3ccccc3c3cc(-c4ccc5c(c4)c4ccccc4n5-c4cccc(-n5c6cccnc6c6cccnc65)n4)ccc32)cc1. The van der Waals surface area contributed by atoms with Crippen LogP contribution in [0.25, 0.3) is 94.1 Å². The van der Waals surface area contributed by atoms with Crippen LogP contribution in [-0.2, 0) is 0 Å². The molecule has 6 nitrogen and oxygen atoms in total. The van der Waals surface area contributed by atoms with Crippen molar-refractivity contribution in [1.29, 1.82) is 0 Å². The molecular formula is C45H28N6. The summed E-state index contributed by atoms with van der Waals surface area (Å²) >= 11 is 0. The smallest absolute Gasteiger partial charge is 0.148 e. The van der Waals surface area contributed by atoms with E-state index in [1.165, 1.54) is 43.7 Å². The summed E-state index contributed by atoms with van der Waals surface area (Å²) < 4.78 is 6.74. The van der Waals surface area contributed by atoms with Crippen molar-refractivity contribution in [2.75, 3.05) is 0 Å². The molecule has 0 radical (unpaired) electrons. The van der Waals surface area contributed by atoms with E-state index in [2.05, 4.69) is 153 Å². The van der Waals surface area contributed by atoms with Gasteiger partial charge in [-0.1, -0.05) is 72.8 Å². The van der Waals surface area contributed by atoms with Crippen LogP contribution in [0.3, 0.4) is 0 Å². The highest BCUT2D eigenvalue weighted by Crippen LogP contribution is 2.38. The van der Waals surface area contributed by atoms with Gasteiger partial charge in [0.05, 0.1) is 33.1 Å². The number of para-hydroxylation sites is 3. The fourth-order valence-electron chi connectivity index (χ4n) is 7.96. The summed E-state index contributed by atoms with van der Waals surface area (Å²) in [4.78, 5) is 14.7. The van der Waals surface area contributed by atoms with Gasteiger partial charge in [-0.15, -0.1) is 0 Å². The number of pyridine rings is 3. The zero-order chi connectivity index (χ0) is 33.5. The number of benzene rings is 5. The third kappa shape index (κ3) is 4.07. The van der Waals surface area contributed by atoms with Gasteiger partial charge in [-0.05, 0) is 96.1 Å². The molecule has 6 heterocycles. The van der Waals surface area contributed by atoms with Gasteiger partial charge in [0.1, 0.15) is 17.3 Å². The van der Waals surface area contributed by atoms with Crippen LogP contribution in [-0.4, -0.2) is 28.7 Å². The Labute approximate surface area is 292 Å². The average molecular weight is 653 g/mol.